The molecule has 0 amide bonds. The number of benzene rings is 1. The van der Waals surface area contributed by atoms with Crippen LogP contribution in [0.4, 0.5) is 8.78 Å². The third-order valence-corrected chi connectivity index (χ3v) is 1.52. The van der Waals surface area contributed by atoms with Crippen LogP contribution in [-0.2, 0) is 0 Å². The molecule has 4 heteroatoms. The van der Waals surface area contributed by atoms with Gasteiger partial charge in [-0.25, -0.2) is 8.78 Å². The molecule has 0 aromatic heterocycles. The van der Waals surface area contributed by atoms with Crippen LogP contribution in [0.3, 0.4) is 0 Å². The van der Waals surface area contributed by atoms with Crippen molar-refractivity contribution in [2.75, 3.05) is 0 Å². The van der Waals surface area contributed by atoms with Gasteiger partial charge in [0.15, 0.2) is 0 Å². The molecule has 0 aliphatic carbocycles. The molecule has 1 rings (SSSR count). The van der Waals surface area contributed by atoms with Crippen LogP contribution in [0.2, 0.25) is 5.02 Å². The molecule has 0 fully saturated rings. The lowest BCUT2D eigenvalue weighted by atomic mass is 10.1. The van der Waals surface area contributed by atoms with E-state index in [9.17, 15) is 8.78 Å². The quantitative estimate of drug-likeness (QED) is 0.663. The van der Waals surface area contributed by atoms with Gasteiger partial charge in [0.2, 0.25) is 0 Å². The SMILES string of the molecule is N#Cc1cc(Cl)cc(C(F)F)c1. The van der Waals surface area contributed by atoms with Crippen LogP contribution in [0, 0.1) is 11.3 Å². The van der Waals surface area contributed by atoms with Crippen molar-refractivity contribution in [3.05, 3.63) is 34.3 Å². The topological polar surface area (TPSA) is 23.8 Å². The Morgan fingerprint density at radius 3 is 2.50 bits per heavy atom. The highest BCUT2D eigenvalue weighted by atomic mass is 35.5. The summed E-state index contributed by atoms with van der Waals surface area (Å²) in [7, 11) is 0. The predicted octanol–water partition coefficient (Wildman–Crippen LogP) is 3.15. The van der Waals surface area contributed by atoms with Crippen LogP contribution in [0.25, 0.3) is 0 Å². The van der Waals surface area contributed by atoms with Crippen molar-refractivity contribution in [1.29, 1.82) is 5.26 Å². The molecule has 62 valence electrons. The number of halogens is 3. The Bertz CT molecular complexity index is 330. The van der Waals surface area contributed by atoms with Gasteiger partial charge in [-0.05, 0) is 18.2 Å². The molecular formula is C8H4ClF2N. The number of alkyl halides is 2. The molecule has 0 atom stereocenters. The minimum Gasteiger partial charge on any atom is -0.205 e. The molecule has 1 aromatic rings. The number of hydrogen-bond donors (Lipinski definition) is 0. The van der Waals surface area contributed by atoms with Gasteiger partial charge in [0.1, 0.15) is 0 Å². The summed E-state index contributed by atoms with van der Waals surface area (Å²) in [5, 5.41) is 8.57. The molecule has 0 unspecified atom stereocenters. The summed E-state index contributed by atoms with van der Waals surface area (Å²) in [6.07, 6.45) is -2.59. The van der Waals surface area contributed by atoms with Gasteiger partial charge in [-0.15, -0.1) is 0 Å². The van der Waals surface area contributed by atoms with E-state index in [1.165, 1.54) is 6.07 Å². The second-order valence-electron chi connectivity index (χ2n) is 2.19. The number of nitrogens with zero attached hydrogens (tertiary/aromatic N) is 1. The maximum atomic E-state index is 12.1. The fourth-order valence-corrected chi connectivity index (χ4v) is 1.05. The average molecular weight is 188 g/mol. The summed E-state index contributed by atoms with van der Waals surface area (Å²) >= 11 is 5.49. The van der Waals surface area contributed by atoms with Gasteiger partial charge in [0.25, 0.3) is 6.43 Å². The molecule has 0 saturated carbocycles. The molecule has 0 aliphatic rings. The number of rotatable bonds is 1. The third-order valence-electron chi connectivity index (χ3n) is 1.30. The predicted molar refractivity (Wildman–Crippen MR) is 41.1 cm³/mol. The fourth-order valence-electron chi connectivity index (χ4n) is 0.803. The Kier molecular flexibility index (Phi) is 2.61. The highest BCUT2D eigenvalue weighted by Gasteiger charge is 2.08. The lowest BCUT2D eigenvalue weighted by Gasteiger charge is -1.99. The normalized spacial score (nSPS) is 9.92. The van der Waals surface area contributed by atoms with E-state index < -0.39 is 6.43 Å². The van der Waals surface area contributed by atoms with Crippen LogP contribution in [0.1, 0.15) is 17.6 Å². The first-order chi connectivity index (χ1) is 5.63. The molecule has 0 heterocycles. The van der Waals surface area contributed by atoms with Crippen molar-refractivity contribution in [2.24, 2.45) is 0 Å². The Morgan fingerprint density at radius 1 is 1.33 bits per heavy atom. The van der Waals surface area contributed by atoms with E-state index in [1.54, 1.807) is 6.07 Å². The Balaban J connectivity index is 3.17. The summed E-state index contributed by atoms with van der Waals surface area (Å²) in [6.45, 7) is 0. The van der Waals surface area contributed by atoms with Crippen LogP contribution < -0.4 is 0 Å². The van der Waals surface area contributed by atoms with Crippen molar-refractivity contribution in [2.45, 2.75) is 6.43 Å². The zero-order chi connectivity index (χ0) is 9.14. The summed E-state index contributed by atoms with van der Waals surface area (Å²) in [5.74, 6) is 0. The summed E-state index contributed by atoms with van der Waals surface area (Å²) in [4.78, 5) is 0. The minimum absolute atomic E-state index is 0.151. The van der Waals surface area contributed by atoms with E-state index in [-0.39, 0.29) is 16.1 Å². The maximum Gasteiger partial charge on any atom is 0.263 e. The molecular weight excluding hydrogens is 184 g/mol. The van der Waals surface area contributed by atoms with Crippen LogP contribution >= 0.6 is 11.6 Å². The van der Waals surface area contributed by atoms with Crippen LogP contribution in [0.5, 0.6) is 0 Å². The lowest BCUT2D eigenvalue weighted by molar-refractivity contribution is 0.151. The molecule has 12 heavy (non-hydrogen) atoms. The number of nitriles is 1. The first-order valence-electron chi connectivity index (χ1n) is 3.12. The van der Waals surface area contributed by atoms with Crippen molar-refractivity contribution >= 4 is 11.6 Å². The van der Waals surface area contributed by atoms with E-state index in [0.29, 0.717) is 0 Å². The first-order valence-corrected chi connectivity index (χ1v) is 3.50. The Labute approximate surface area is 73.2 Å². The van der Waals surface area contributed by atoms with Crippen molar-refractivity contribution in [1.82, 2.24) is 0 Å². The van der Waals surface area contributed by atoms with E-state index in [4.69, 9.17) is 16.9 Å². The highest BCUT2D eigenvalue weighted by molar-refractivity contribution is 6.30. The van der Waals surface area contributed by atoms with Gasteiger partial charge in [-0.3, -0.25) is 0 Å². The minimum atomic E-state index is -2.59. The Morgan fingerprint density at radius 2 is 2.00 bits per heavy atom. The molecule has 1 nitrogen and oxygen atoms in total. The molecule has 0 aliphatic heterocycles. The Hall–Kier alpha value is -1.14. The van der Waals surface area contributed by atoms with Crippen LogP contribution in [-0.4, -0.2) is 0 Å². The molecule has 0 N–H and O–H groups in total. The maximum absolute atomic E-state index is 12.1. The van der Waals surface area contributed by atoms with Gasteiger partial charge in [-0.2, -0.15) is 5.26 Å². The second kappa shape index (κ2) is 3.51. The molecule has 1 aromatic carbocycles. The third kappa shape index (κ3) is 1.93. The first kappa shape index (κ1) is 8.95. The van der Waals surface area contributed by atoms with Gasteiger partial charge >= 0.3 is 0 Å². The molecule has 0 spiro atoms. The zero-order valence-electron chi connectivity index (χ0n) is 5.89. The summed E-state index contributed by atoms with van der Waals surface area (Å²) in [6, 6.07) is 5.35. The molecule has 0 saturated heterocycles. The summed E-state index contributed by atoms with van der Waals surface area (Å²) < 4.78 is 24.2. The molecule has 0 bridgehead atoms. The standard InChI is InChI=1S/C8H4ClF2N/c9-7-2-5(4-12)1-6(3-7)8(10)11/h1-3,8H. The fraction of sp³-hybridized carbons (Fsp3) is 0.125. The van der Waals surface area contributed by atoms with Crippen molar-refractivity contribution in [3.63, 3.8) is 0 Å². The smallest absolute Gasteiger partial charge is 0.205 e. The molecule has 0 radical (unpaired) electrons. The largest absolute Gasteiger partial charge is 0.263 e. The van der Waals surface area contributed by atoms with Gasteiger partial charge in [-0.1, -0.05) is 11.6 Å². The van der Waals surface area contributed by atoms with Crippen molar-refractivity contribution < 1.29 is 8.78 Å². The highest BCUT2D eigenvalue weighted by Crippen LogP contribution is 2.23. The average Bonchev–Trinajstić information content (AvgIpc) is 2.03. The lowest BCUT2D eigenvalue weighted by Crippen LogP contribution is -1.85. The van der Waals surface area contributed by atoms with E-state index in [1.807, 2.05) is 0 Å². The van der Waals surface area contributed by atoms with E-state index >= 15 is 0 Å². The number of hydrogen-bond acceptors (Lipinski definition) is 1. The van der Waals surface area contributed by atoms with Gasteiger partial charge < -0.3 is 0 Å². The van der Waals surface area contributed by atoms with E-state index in [0.717, 1.165) is 12.1 Å². The van der Waals surface area contributed by atoms with Gasteiger partial charge in [0.05, 0.1) is 11.6 Å². The van der Waals surface area contributed by atoms with Crippen molar-refractivity contribution in [3.8, 4) is 6.07 Å². The van der Waals surface area contributed by atoms with Crippen LogP contribution in [0.15, 0.2) is 18.2 Å². The van der Waals surface area contributed by atoms with E-state index in [2.05, 4.69) is 0 Å². The summed E-state index contributed by atoms with van der Waals surface area (Å²) in [5.41, 5.74) is -0.0724. The van der Waals surface area contributed by atoms with Gasteiger partial charge in [0, 0.05) is 10.6 Å². The monoisotopic (exact) mass is 187 g/mol. The second-order valence-corrected chi connectivity index (χ2v) is 2.62. The zero-order valence-corrected chi connectivity index (χ0v) is 6.65.